The third kappa shape index (κ3) is 2.96. The number of rotatable bonds is 3. The minimum absolute atomic E-state index is 0.245. The fourth-order valence-electron chi connectivity index (χ4n) is 1.68. The lowest BCUT2D eigenvalue weighted by atomic mass is 10.2. The molecule has 0 aliphatic rings. The van der Waals surface area contributed by atoms with Crippen LogP contribution in [0.4, 0.5) is 11.4 Å². The molecule has 0 atom stereocenters. The smallest absolute Gasteiger partial charge is 0.278 e. The third-order valence-corrected chi connectivity index (χ3v) is 3.36. The molecule has 2 rings (SSSR count). The number of halogens is 1. The summed E-state index contributed by atoms with van der Waals surface area (Å²) in [6.07, 6.45) is 1.65. The number of nitrogens with zero attached hydrogens (tertiary/aromatic N) is 2. The van der Waals surface area contributed by atoms with Crippen molar-refractivity contribution in [2.75, 3.05) is 11.1 Å². The van der Waals surface area contributed by atoms with Gasteiger partial charge in [-0.1, -0.05) is 6.07 Å². The highest BCUT2D eigenvalue weighted by Crippen LogP contribution is 2.24. The van der Waals surface area contributed by atoms with Crippen LogP contribution in [0.3, 0.4) is 0 Å². The quantitative estimate of drug-likeness (QED) is 0.912. The van der Waals surface area contributed by atoms with Crippen LogP contribution in [0.1, 0.15) is 23.0 Å². The molecular weight excluding hydrogens is 308 g/mol. The van der Waals surface area contributed by atoms with Crippen LogP contribution in [-0.4, -0.2) is 15.7 Å². The van der Waals surface area contributed by atoms with Crippen molar-refractivity contribution in [2.45, 2.75) is 20.4 Å². The predicted molar refractivity (Wildman–Crippen MR) is 79.1 cm³/mol. The van der Waals surface area contributed by atoms with Gasteiger partial charge in [0.2, 0.25) is 0 Å². The molecule has 1 aromatic carbocycles. The summed E-state index contributed by atoms with van der Waals surface area (Å²) in [5, 5.41) is 6.93. The second kappa shape index (κ2) is 5.44. The minimum Gasteiger partial charge on any atom is -0.396 e. The van der Waals surface area contributed by atoms with E-state index >= 15 is 0 Å². The molecule has 0 aliphatic heterocycles. The van der Waals surface area contributed by atoms with E-state index in [1.165, 1.54) is 0 Å². The molecule has 1 heterocycles. The molecule has 3 N–H and O–H groups in total. The molecule has 0 saturated heterocycles. The van der Waals surface area contributed by atoms with Crippen molar-refractivity contribution < 1.29 is 4.79 Å². The number of hydrogen-bond donors (Lipinski definition) is 2. The largest absolute Gasteiger partial charge is 0.396 e. The number of anilines is 2. The van der Waals surface area contributed by atoms with Crippen LogP contribution in [-0.2, 0) is 6.54 Å². The fourth-order valence-corrected chi connectivity index (χ4v) is 2.27. The van der Waals surface area contributed by atoms with E-state index in [0.717, 1.165) is 10.0 Å². The van der Waals surface area contributed by atoms with Crippen molar-refractivity contribution in [1.29, 1.82) is 0 Å². The van der Waals surface area contributed by atoms with Gasteiger partial charge in [0.15, 0.2) is 5.69 Å². The topological polar surface area (TPSA) is 72.9 Å². The van der Waals surface area contributed by atoms with E-state index in [4.69, 9.17) is 5.73 Å². The summed E-state index contributed by atoms with van der Waals surface area (Å²) in [6.45, 7) is 4.59. The summed E-state index contributed by atoms with van der Waals surface area (Å²) >= 11 is 3.41. The predicted octanol–water partition coefficient (Wildman–Crippen LogP) is 2.81. The van der Waals surface area contributed by atoms with Crippen molar-refractivity contribution in [3.8, 4) is 0 Å². The molecule has 0 fully saturated rings. The van der Waals surface area contributed by atoms with Gasteiger partial charge in [0, 0.05) is 17.2 Å². The first-order valence-corrected chi connectivity index (χ1v) is 6.71. The van der Waals surface area contributed by atoms with Crippen LogP contribution < -0.4 is 11.1 Å². The SMILES string of the molecule is CCn1cc(N)c(C(=O)Nc2ccc(C)cc2Br)n1. The Kier molecular flexibility index (Phi) is 3.90. The average Bonchev–Trinajstić information content (AvgIpc) is 2.74. The zero-order chi connectivity index (χ0) is 14.0. The van der Waals surface area contributed by atoms with Crippen LogP contribution in [0.2, 0.25) is 0 Å². The number of benzene rings is 1. The lowest BCUT2D eigenvalue weighted by Crippen LogP contribution is -2.15. The Morgan fingerprint density at radius 3 is 2.84 bits per heavy atom. The first-order valence-electron chi connectivity index (χ1n) is 5.91. The van der Waals surface area contributed by atoms with Crippen LogP contribution in [0, 0.1) is 6.92 Å². The Morgan fingerprint density at radius 1 is 1.53 bits per heavy atom. The normalized spacial score (nSPS) is 10.5. The average molecular weight is 323 g/mol. The maximum absolute atomic E-state index is 12.1. The zero-order valence-electron chi connectivity index (χ0n) is 10.8. The summed E-state index contributed by atoms with van der Waals surface area (Å²) in [5.41, 5.74) is 8.21. The molecule has 6 heteroatoms. The van der Waals surface area contributed by atoms with Crippen LogP contribution >= 0.6 is 15.9 Å². The third-order valence-electron chi connectivity index (χ3n) is 2.70. The van der Waals surface area contributed by atoms with Gasteiger partial charge in [-0.05, 0) is 47.5 Å². The molecule has 19 heavy (non-hydrogen) atoms. The molecular formula is C13H15BrN4O. The molecule has 100 valence electrons. The Hall–Kier alpha value is -1.82. The summed E-state index contributed by atoms with van der Waals surface area (Å²) in [4.78, 5) is 12.1. The first-order chi connectivity index (χ1) is 9.01. The Balaban J connectivity index is 2.23. The highest BCUT2D eigenvalue weighted by atomic mass is 79.9. The molecule has 0 bridgehead atoms. The van der Waals surface area contributed by atoms with Gasteiger partial charge in [-0.25, -0.2) is 0 Å². The van der Waals surface area contributed by atoms with Crippen LogP contribution in [0.25, 0.3) is 0 Å². The van der Waals surface area contributed by atoms with Crippen molar-refractivity contribution in [1.82, 2.24) is 9.78 Å². The molecule has 5 nitrogen and oxygen atoms in total. The lowest BCUT2D eigenvalue weighted by molar-refractivity contribution is 0.102. The lowest BCUT2D eigenvalue weighted by Gasteiger charge is -2.07. The van der Waals surface area contributed by atoms with E-state index in [1.807, 2.05) is 32.0 Å². The van der Waals surface area contributed by atoms with Gasteiger partial charge in [0.25, 0.3) is 5.91 Å². The monoisotopic (exact) mass is 322 g/mol. The highest BCUT2D eigenvalue weighted by molar-refractivity contribution is 9.10. The van der Waals surface area contributed by atoms with Crippen molar-refractivity contribution in [3.05, 3.63) is 40.1 Å². The molecule has 0 saturated carbocycles. The van der Waals surface area contributed by atoms with Crippen molar-refractivity contribution >= 4 is 33.2 Å². The van der Waals surface area contributed by atoms with E-state index < -0.39 is 0 Å². The number of aromatic nitrogens is 2. The second-order valence-corrected chi connectivity index (χ2v) is 5.08. The summed E-state index contributed by atoms with van der Waals surface area (Å²) in [7, 11) is 0. The Bertz CT molecular complexity index is 621. The number of nitrogens with two attached hydrogens (primary N) is 1. The van der Waals surface area contributed by atoms with Gasteiger partial charge in [0.05, 0.1) is 11.4 Å². The van der Waals surface area contributed by atoms with Gasteiger partial charge >= 0.3 is 0 Å². The number of carbonyl (C=O) groups is 1. The maximum Gasteiger partial charge on any atom is 0.278 e. The van der Waals surface area contributed by atoms with Crippen LogP contribution in [0.15, 0.2) is 28.9 Å². The number of nitrogens with one attached hydrogen (secondary N) is 1. The number of amides is 1. The van der Waals surface area contributed by atoms with E-state index in [1.54, 1.807) is 10.9 Å². The molecule has 1 aromatic heterocycles. The zero-order valence-corrected chi connectivity index (χ0v) is 12.4. The highest BCUT2D eigenvalue weighted by Gasteiger charge is 2.15. The van der Waals surface area contributed by atoms with Crippen LogP contribution in [0.5, 0.6) is 0 Å². The summed E-state index contributed by atoms with van der Waals surface area (Å²) in [5.74, 6) is -0.311. The number of aryl methyl sites for hydroxylation is 2. The van der Waals surface area contributed by atoms with E-state index in [-0.39, 0.29) is 11.6 Å². The second-order valence-electron chi connectivity index (χ2n) is 4.23. The first kappa shape index (κ1) is 13.6. The van der Waals surface area contributed by atoms with E-state index in [9.17, 15) is 4.79 Å². The van der Waals surface area contributed by atoms with Gasteiger partial charge in [-0.2, -0.15) is 5.10 Å². The molecule has 2 aromatic rings. The van der Waals surface area contributed by atoms with Crippen molar-refractivity contribution in [3.63, 3.8) is 0 Å². The molecule has 1 amide bonds. The summed E-state index contributed by atoms with van der Waals surface area (Å²) < 4.78 is 2.46. The van der Waals surface area contributed by atoms with E-state index in [2.05, 4.69) is 26.3 Å². The molecule has 0 radical (unpaired) electrons. The molecule has 0 spiro atoms. The fraction of sp³-hybridized carbons (Fsp3) is 0.231. The number of carbonyl (C=O) groups excluding carboxylic acids is 1. The molecule has 0 aliphatic carbocycles. The van der Waals surface area contributed by atoms with Crippen molar-refractivity contribution in [2.24, 2.45) is 0 Å². The van der Waals surface area contributed by atoms with E-state index in [0.29, 0.717) is 17.9 Å². The van der Waals surface area contributed by atoms with Gasteiger partial charge in [0.1, 0.15) is 0 Å². The standard InChI is InChI=1S/C13H15BrN4O/c1-3-18-7-10(15)12(17-18)13(19)16-11-5-4-8(2)6-9(11)14/h4-7H,3,15H2,1-2H3,(H,16,19). The number of hydrogen-bond acceptors (Lipinski definition) is 3. The van der Waals surface area contributed by atoms with Gasteiger partial charge in [-0.15, -0.1) is 0 Å². The molecule has 0 unspecified atom stereocenters. The summed E-state index contributed by atoms with van der Waals surface area (Å²) in [6, 6.07) is 5.70. The number of nitrogen functional groups attached to an aromatic ring is 1. The maximum atomic E-state index is 12.1. The van der Waals surface area contributed by atoms with Gasteiger partial charge < -0.3 is 11.1 Å². The van der Waals surface area contributed by atoms with Gasteiger partial charge in [-0.3, -0.25) is 9.48 Å². The minimum atomic E-state index is -0.311. The Morgan fingerprint density at radius 2 is 2.26 bits per heavy atom. The Labute approximate surface area is 119 Å².